The third-order valence-electron chi connectivity index (χ3n) is 5.99. The fourth-order valence-corrected chi connectivity index (χ4v) is 4.63. The lowest BCUT2D eigenvalue weighted by Crippen LogP contribution is -2.60. The van der Waals surface area contributed by atoms with E-state index in [4.69, 9.17) is 0 Å². The van der Waals surface area contributed by atoms with E-state index in [0.717, 1.165) is 24.0 Å². The van der Waals surface area contributed by atoms with Crippen molar-refractivity contribution in [2.45, 2.75) is 52.1 Å². The fourth-order valence-electron chi connectivity index (χ4n) is 4.63. The lowest BCUT2D eigenvalue weighted by molar-refractivity contribution is -0.149. The fraction of sp³-hybridized carbons (Fsp3) is 0.800. The van der Waals surface area contributed by atoms with Gasteiger partial charge in [-0.1, -0.05) is 19.4 Å². The second-order valence-corrected chi connectivity index (χ2v) is 7.13. The van der Waals surface area contributed by atoms with E-state index in [-0.39, 0.29) is 29.1 Å². The third-order valence-corrected chi connectivity index (χ3v) is 5.99. The molecule has 0 aromatic heterocycles. The summed E-state index contributed by atoms with van der Waals surface area (Å²) >= 11 is 0. The van der Waals surface area contributed by atoms with Gasteiger partial charge in [-0.25, -0.2) is 0 Å². The normalized spacial score (nSPS) is 50.9. The first kappa shape index (κ1) is 12.4. The van der Waals surface area contributed by atoms with E-state index < -0.39 is 5.60 Å². The lowest BCUT2D eigenvalue weighted by Gasteiger charge is -2.57. The molecule has 0 bridgehead atoms. The van der Waals surface area contributed by atoms with E-state index in [1.165, 1.54) is 0 Å². The number of carbonyl (C=O) groups excluding carboxylic acids is 1. The molecule has 3 rings (SSSR count). The van der Waals surface area contributed by atoms with E-state index >= 15 is 0 Å². The van der Waals surface area contributed by atoms with Crippen molar-refractivity contribution in [3.05, 3.63) is 11.1 Å². The van der Waals surface area contributed by atoms with Gasteiger partial charge in [-0.05, 0) is 43.6 Å². The highest BCUT2D eigenvalue weighted by Crippen LogP contribution is 2.67. The standard InChI is InChI=1S/C15H22O3/c1-9-10-4-5-14(10,3)15(18)7-13(2,8-16)6-11(15)12(9)17/h11,16,18H,4-8H2,1-3H3/t11?,13-,14+,15-/m1/s1. The molecule has 0 heterocycles. The average Bonchev–Trinajstić information content (AvgIpc) is 2.59. The van der Waals surface area contributed by atoms with Crippen molar-refractivity contribution < 1.29 is 15.0 Å². The minimum absolute atomic E-state index is 0.0452. The molecular weight excluding hydrogens is 228 g/mol. The molecule has 0 aromatic rings. The van der Waals surface area contributed by atoms with Crippen LogP contribution >= 0.6 is 0 Å². The number of hydrogen-bond acceptors (Lipinski definition) is 3. The quantitative estimate of drug-likeness (QED) is 0.746. The van der Waals surface area contributed by atoms with Crippen molar-refractivity contribution in [3.63, 3.8) is 0 Å². The number of allylic oxidation sites excluding steroid dienone is 1. The highest BCUT2D eigenvalue weighted by molar-refractivity contribution is 6.00. The van der Waals surface area contributed by atoms with Gasteiger partial charge in [-0.3, -0.25) is 4.79 Å². The molecular formula is C15H22O3. The Balaban J connectivity index is 2.12. The van der Waals surface area contributed by atoms with E-state index in [9.17, 15) is 15.0 Å². The number of carbonyl (C=O) groups is 1. The first-order chi connectivity index (χ1) is 8.27. The number of aliphatic hydroxyl groups is 2. The number of Topliss-reactive ketones (excluding diaryl/α,β-unsaturated/α-hetero) is 1. The van der Waals surface area contributed by atoms with Crippen LogP contribution in [0.3, 0.4) is 0 Å². The molecule has 0 aliphatic heterocycles. The van der Waals surface area contributed by atoms with Crippen molar-refractivity contribution in [1.82, 2.24) is 0 Å². The van der Waals surface area contributed by atoms with Gasteiger partial charge in [0.2, 0.25) is 0 Å². The van der Waals surface area contributed by atoms with Gasteiger partial charge in [0.25, 0.3) is 0 Å². The van der Waals surface area contributed by atoms with Crippen LogP contribution in [0.2, 0.25) is 0 Å². The molecule has 2 fully saturated rings. The highest BCUT2D eigenvalue weighted by Gasteiger charge is 2.68. The summed E-state index contributed by atoms with van der Waals surface area (Å²) in [4.78, 5) is 12.4. The van der Waals surface area contributed by atoms with Crippen LogP contribution in [0.4, 0.5) is 0 Å². The van der Waals surface area contributed by atoms with Gasteiger partial charge in [0.15, 0.2) is 5.78 Å². The smallest absolute Gasteiger partial charge is 0.164 e. The Kier molecular flexibility index (Phi) is 2.24. The average molecular weight is 250 g/mol. The molecule has 0 aromatic carbocycles. The van der Waals surface area contributed by atoms with Crippen LogP contribution < -0.4 is 0 Å². The van der Waals surface area contributed by atoms with Crippen molar-refractivity contribution in [2.24, 2.45) is 16.7 Å². The van der Waals surface area contributed by atoms with Gasteiger partial charge in [0, 0.05) is 12.0 Å². The SMILES string of the molecule is CC1=C2CC[C@]2(C)[C@@]2(O)C[C@](C)(CO)CC2C1=O. The molecule has 100 valence electrons. The van der Waals surface area contributed by atoms with Crippen LogP contribution in [-0.2, 0) is 4.79 Å². The zero-order valence-corrected chi connectivity index (χ0v) is 11.4. The number of ketones is 1. The summed E-state index contributed by atoms with van der Waals surface area (Å²) in [5.41, 5.74) is 0.551. The molecule has 1 unspecified atom stereocenters. The molecule has 2 saturated carbocycles. The van der Waals surface area contributed by atoms with Crippen LogP contribution in [0.5, 0.6) is 0 Å². The Morgan fingerprint density at radius 2 is 2.06 bits per heavy atom. The van der Waals surface area contributed by atoms with Crippen molar-refractivity contribution >= 4 is 5.78 Å². The summed E-state index contributed by atoms with van der Waals surface area (Å²) in [7, 11) is 0. The summed E-state index contributed by atoms with van der Waals surface area (Å²) in [5.74, 6) is -0.203. The maximum atomic E-state index is 12.4. The molecule has 3 aliphatic rings. The molecule has 0 amide bonds. The molecule has 3 aliphatic carbocycles. The van der Waals surface area contributed by atoms with Gasteiger partial charge < -0.3 is 10.2 Å². The Morgan fingerprint density at radius 1 is 1.39 bits per heavy atom. The summed E-state index contributed by atoms with van der Waals surface area (Å²) in [5, 5.41) is 20.7. The van der Waals surface area contributed by atoms with Crippen molar-refractivity contribution in [2.75, 3.05) is 6.61 Å². The van der Waals surface area contributed by atoms with Crippen LogP contribution in [-0.4, -0.2) is 28.2 Å². The zero-order chi connectivity index (χ0) is 13.3. The summed E-state index contributed by atoms with van der Waals surface area (Å²) in [6, 6.07) is 0. The van der Waals surface area contributed by atoms with E-state index in [1.807, 2.05) is 13.8 Å². The molecule has 0 spiro atoms. The molecule has 3 heteroatoms. The summed E-state index contributed by atoms with van der Waals surface area (Å²) in [6.07, 6.45) is 3.06. The minimum Gasteiger partial charge on any atom is -0.396 e. The molecule has 18 heavy (non-hydrogen) atoms. The predicted octanol–water partition coefficient (Wildman–Crippen LogP) is 1.83. The Morgan fingerprint density at radius 3 is 2.56 bits per heavy atom. The van der Waals surface area contributed by atoms with E-state index in [0.29, 0.717) is 12.8 Å². The number of aliphatic hydroxyl groups excluding tert-OH is 1. The van der Waals surface area contributed by atoms with E-state index in [1.54, 1.807) is 0 Å². The second-order valence-electron chi connectivity index (χ2n) is 7.13. The molecule has 0 radical (unpaired) electrons. The van der Waals surface area contributed by atoms with Gasteiger partial charge in [-0.2, -0.15) is 0 Å². The topological polar surface area (TPSA) is 57.5 Å². The maximum absolute atomic E-state index is 12.4. The predicted molar refractivity (Wildman–Crippen MR) is 67.9 cm³/mol. The number of fused-ring (bicyclic) bond motifs is 3. The van der Waals surface area contributed by atoms with Crippen molar-refractivity contribution in [3.8, 4) is 0 Å². The van der Waals surface area contributed by atoms with Gasteiger partial charge in [0.05, 0.1) is 11.5 Å². The van der Waals surface area contributed by atoms with Gasteiger partial charge >= 0.3 is 0 Å². The molecule has 3 nitrogen and oxygen atoms in total. The summed E-state index contributed by atoms with van der Waals surface area (Å²) < 4.78 is 0. The van der Waals surface area contributed by atoms with E-state index in [2.05, 4.69) is 6.92 Å². The second kappa shape index (κ2) is 3.26. The van der Waals surface area contributed by atoms with Gasteiger partial charge in [-0.15, -0.1) is 0 Å². The van der Waals surface area contributed by atoms with Crippen LogP contribution in [0.25, 0.3) is 0 Å². The Hall–Kier alpha value is -0.670. The van der Waals surface area contributed by atoms with Crippen LogP contribution in [0.15, 0.2) is 11.1 Å². The Bertz CT molecular complexity index is 466. The third kappa shape index (κ3) is 1.15. The zero-order valence-electron chi connectivity index (χ0n) is 11.4. The first-order valence-corrected chi connectivity index (χ1v) is 6.85. The molecule has 2 N–H and O–H groups in total. The number of hydrogen-bond donors (Lipinski definition) is 2. The largest absolute Gasteiger partial charge is 0.396 e. The molecule has 4 atom stereocenters. The molecule has 0 saturated heterocycles. The monoisotopic (exact) mass is 250 g/mol. The minimum atomic E-state index is -0.936. The van der Waals surface area contributed by atoms with Crippen molar-refractivity contribution in [1.29, 1.82) is 0 Å². The number of rotatable bonds is 1. The summed E-state index contributed by atoms with van der Waals surface area (Å²) in [6.45, 7) is 6.03. The lowest BCUT2D eigenvalue weighted by atomic mass is 9.49. The van der Waals surface area contributed by atoms with Crippen LogP contribution in [0, 0.1) is 16.7 Å². The van der Waals surface area contributed by atoms with Gasteiger partial charge in [0.1, 0.15) is 0 Å². The van der Waals surface area contributed by atoms with Crippen LogP contribution in [0.1, 0.15) is 46.5 Å². The maximum Gasteiger partial charge on any atom is 0.164 e. The highest BCUT2D eigenvalue weighted by atomic mass is 16.3. The Labute approximate surface area is 108 Å². The first-order valence-electron chi connectivity index (χ1n) is 6.85.